The Hall–Kier alpha value is -3.00. The Bertz CT molecular complexity index is 1240. The lowest BCUT2D eigenvalue weighted by Crippen LogP contribution is -2.48. The fraction of sp³-hybridized carbons (Fsp3) is 0.417. The van der Waals surface area contributed by atoms with Gasteiger partial charge in [0.2, 0.25) is 0 Å². The van der Waals surface area contributed by atoms with Crippen LogP contribution in [0.1, 0.15) is 12.0 Å². The number of fused-ring (bicyclic) bond motifs is 1. The number of allylic oxidation sites excluding steroid dienone is 4. The summed E-state index contributed by atoms with van der Waals surface area (Å²) < 4.78 is 55.5. The van der Waals surface area contributed by atoms with Crippen LogP contribution in [0.2, 0.25) is 0 Å². The molecular weight excluding hydrogens is 480 g/mol. The Morgan fingerprint density at radius 1 is 1.11 bits per heavy atom. The number of likely N-dealkylation sites (tertiary alicyclic amines) is 1. The highest BCUT2D eigenvalue weighted by Gasteiger charge is 2.43. The van der Waals surface area contributed by atoms with E-state index in [4.69, 9.17) is 0 Å². The van der Waals surface area contributed by atoms with Crippen molar-refractivity contribution in [1.29, 1.82) is 0 Å². The standard InChI is InChI=1S/C24H24F3N4O3P/c25-19-6-5-16(13-20-17-3-1-2-4-18(17)22(32)29-28-20)14-21(19)35(34)11-9-30(10-12-35)23(33)31-8-7-24(26,27)15-31/h1-6,14,18H,7-13,15H2. The average Bonchev–Trinajstić information content (AvgIpc) is 3.22. The first kappa shape index (κ1) is 23.7. The van der Waals surface area contributed by atoms with E-state index in [9.17, 15) is 27.3 Å². The highest BCUT2D eigenvalue weighted by molar-refractivity contribution is 7.71. The topological polar surface area (TPSA) is 82.4 Å². The van der Waals surface area contributed by atoms with Gasteiger partial charge in [-0.05, 0) is 23.3 Å². The van der Waals surface area contributed by atoms with Crippen molar-refractivity contribution in [2.45, 2.75) is 18.8 Å². The predicted octanol–water partition coefficient (Wildman–Crippen LogP) is 4.12. The second kappa shape index (κ2) is 8.90. The highest BCUT2D eigenvalue weighted by Crippen LogP contribution is 2.47. The Balaban J connectivity index is 1.31. The van der Waals surface area contributed by atoms with Crippen LogP contribution in [0.25, 0.3) is 0 Å². The number of hydrogen-bond acceptors (Lipinski definition) is 4. The number of alkyl halides is 2. The zero-order valence-corrected chi connectivity index (χ0v) is 19.8. The van der Waals surface area contributed by atoms with Gasteiger partial charge in [0.1, 0.15) is 13.0 Å². The summed E-state index contributed by atoms with van der Waals surface area (Å²) in [6, 6.07) is 3.96. The maximum atomic E-state index is 14.8. The second-order valence-corrected chi connectivity index (χ2v) is 12.4. The highest BCUT2D eigenvalue weighted by atomic mass is 31.2. The molecule has 35 heavy (non-hydrogen) atoms. The number of carbonyl (C=O) groups is 2. The SMILES string of the molecule is O=C1N=NC(Cc2ccc(F)c(P3(=O)CCN(C(=O)N4CCC(F)(F)C4)CC3)c2)=C2C=CC=CC12. The zero-order chi connectivity index (χ0) is 24.8. The van der Waals surface area contributed by atoms with Crippen molar-refractivity contribution < 1.29 is 27.3 Å². The van der Waals surface area contributed by atoms with Gasteiger partial charge < -0.3 is 14.4 Å². The normalized spacial score (nSPS) is 24.8. The third kappa shape index (κ3) is 4.63. The molecule has 0 radical (unpaired) electrons. The van der Waals surface area contributed by atoms with Gasteiger partial charge in [-0.25, -0.2) is 18.0 Å². The molecule has 0 spiro atoms. The van der Waals surface area contributed by atoms with E-state index in [1.165, 1.54) is 11.0 Å². The lowest BCUT2D eigenvalue weighted by Gasteiger charge is -2.35. The monoisotopic (exact) mass is 504 g/mol. The minimum Gasteiger partial charge on any atom is -0.324 e. The summed E-state index contributed by atoms with van der Waals surface area (Å²) in [5.41, 5.74) is 2.02. The van der Waals surface area contributed by atoms with Crippen molar-refractivity contribution in [3.63, 3.8) is 0 Å². The minimum atomic E-state index is -3.14. The number of rotatable bonds is 3. The van der Waals surface area contributed by atoms with Crippen LogP contribution in [-0.4, -0.2) is 66.2 Å². The summed E-state index contributed by atoms with van der Waals surface area (Å²) in [7, 11) is -3.14. The summed E-state index contributed by atoms with van der Waals surface area (Å²) in [5, 5.41) is 7.91. The Morgan fingerprint density at radius 2 is 1.89 bits per heavy atom. The van der Waals surface area contributed by atoms with Crippen molar-refractivity contribution in [2.24, 2.45) is 16.1 Å². The van der Waals surface area contributed by atoms with Gasteiger partial charge in [-0.15, -0.1) is 5.11 Å². The van der Waals surface area contributed by atoms with Crippen LogP contribution in [0, 0.1) is 11.7 Å². The van der Waals surface area contributed by atoms with Crippen LogP contribution in [-0.2, 0) is 15.8 Å². The number of nitrogens with zero attached hydrogens (tertiary/aromatic N) is 4. The molecule has 1 unspecified atom stereocenters. The Morgan fingerprint density at radius 3 is 2.60 bits per heavy atom. The molecule has 184 valence electrons. The number of azo groups is 1. The summed E-state index contributed by atoms with van der Waals surface area (Å²) in [6.07, 6.45) is 7.25. The van der Waals surface area contributed by atoms with Gasteiger partial charge in [-0.1, -0.05) is 30.4 Å². The fourth-order valence-corrected chi connectivity index (χ4v) is 7.59. The zero-order valence-electron chi connectivity index (χ0n) is 18.9. The molecule has 1 aliphatic carbocycles. The molecule has 2 saturated heterocycles. The van der Waals surface area contributed by atoms with Gasteiger partial charge in [-0.2, -0.15) is 5.11 Å². The van der Waals surface area contributed by atoms with Crippen molar-refractivity contribution in [3.05, 3.63) is 65.2 Å². The quantitative estimate of drug-likeness (QED) is 0.581. The molecular formula is C24H24F3N4O3P. The molecule has 1 aromatic carbocycles. The minimum absolute atomic E-state index is 0.0106. The second-order valence-electron chi connectivity index (χ2n) is 9.26. The molecule has 11 heteroatoms. The number of halogens is 3. The van der Waals surface area contributed by atoms with Gasteiger partial charge in [0.15, 0.2) is 0 Å². The van der Waals surface area contributed by atoms with Gasteiger partial charge in [0.05, 0.1) is 18.2 Å². The van der Waals surface area contributed by atoms with Crippen LogP contribution < -0.4 is 5.30 Å². The van der Waals surface area contributed by atoms with Gasteiger partial charge in [0, 0.05) is 50.1 Å². The molecule has 1 aromatic rings. The summed E-state index contributed by atoms with van der Waals surface area (Å²) >= 11 is 0. The summed E-state index contributed by atoms with van der Waals surface area (Å²) in [6.45, 7) is -0.384. The van der Waals surface area contributed by atoms with Crippen molar-refractivity contribution in [1.82, 2.24) is 9.80 Å². The molecule has 5 rings (SSSR count). The first-order valence-corrected chi connectivity index (χ1v) is 13.6. The van der Waals surface area contributed by atoms with E-state index in [2.05, 4.69) is 10.2 Å². The maximum absolute atomic E-state index is 14.8. The lowest BCUT2D eigenvalue weighted by molar-refractivity contribution is -0.120. The molecule has 3 heterocycles. The van der Waals surface area contributed by atoms with Crippen LogP contribution >= 0.6 is 7.14 Å². The van der Waals surface area contributed by atoms with E-state index in [-0.39, 0.29) is 49.6 Å². The third-order valence-corrected chi connectivity index (χ3v) is 9.95. The molecule has 2 fully saturated rings. The Labute approximate surface area is 200 Å². The molecule has 4 aliphatic rings. The van der Waals surface area contributed by atoms with Crippen LogP contribution in [0.3, 0.4) is 0 Å². The van der Waals surface area contributed by atoms with Crippen molar-refractivity contribution in [3.8, 4) is 0 Å². The van der Waals surface area contributed by atoms with E-state index in [0.717, 1.165) is 10.5 Å². The largest absolute Gasteiger partial charge is 0.324 e. The predicted molar refractivity (Wildman–Crippen MR) is 124 cm³/mol. The number of urea groups is 1. The molecule has 0 N–H and O–H groups in total. The van der Waals surface area contributed by atoms with Gasteiger partial charge in [-0.3, -0.25) is 4.79 Å². The van der Waals surface area contributed by atoms with E-state index in [0.29, 0.717) is 17.7 Å². The molecule has 3 amide bonds. The average molecular weight is 504 g/mol. The third-order valence-electron chi connectivity index (χ3n) is 6.89. The molecule has 7 nitrogen and oxygen atoms in total. The molecule has 3 aliphatic heterocycles. The number of carbonyl (C=O) groups excluding carboxylic acids is 2. The number of hydrogen-bond donors (Lipinski definition) is 0. The van der Waals surface area contributed by atoms with Gasteiger partial charge in [0.25, 0.3) is 11.8 Å². The molecule has 1 atom stereocenters. The van der Waals surface area contributed by atoms with Gasteiger partial charge >= 0.3 is 6.03 Å². The van der Waals surface area contributed by atoms with Crippen molar-refractivity contribution in [2.75, 3.05) is 38.5 Å². The van der Waals surface area contributed by atoms with Crippen LogP contribution in [0.15, 0.2) is 64.0 Å². The van der Waals surface area contributed by atoms with Crippen molar-refractivity contribution >= 4 is 24.4 Å². The van der Waals surface area contributed by atoms with E-state index >= 15 is 0 Å². The summed E-state index contributed by atoms with van der Waals surface area (Å²) in [4.78, 5) is 27.2. The molecule has 0 aromatic heterocycles. The first-order valence-electron chi connectivity index (χ1n) is 11.5. The van der Waals surface area contributed by atoms with E-state index in [1.54, 1.807) is 24.3 Å². The van der Waals surface area contributed by atoms with Crippen LogP contribution in [0.5, 0.6) is 0 Å². The maximum Gasteiger partial charge on any atom is 0.320 e. The first-order chi connectivity index (χ1) is 16.7. The molecule has 0 saturated carbocycles. The van der Waals surface area contributed by atoms with Crippen LogP contribution in [0.4, 0.5) is 18.0 Å². The number of benzene rings is 1. The van der Waals surface area contributed by atoms with E-state index in [1.807, 2.05) is 12.2 Å². The molecule has 0 bridgehead atoms. The Kier molecular flexibility index (Phi) is 6.03. The fourth-order valence-electron chi connectivity index (χ4n) is 4.89. The summed E-state index contributed by atoms with van der Waals surface area (Å²) in [5.74, 6) is -4.28. The lowest BCUT2D eigenvalue weighted by atomic mass is 9.89. The smallest absolute Gasteiger partial charge is 0.320 e. The number of amides is 3. The van der Waals surface area contributed by atoms with E-state index < -0.39 is 37.4 Å².